The molecule has 0 unspecified atom stereocenters. The fourth-order valence-corrected chi connectivity index (χ4v) is 3.09. The number of hydrogen-bond donors (Lipinski definition) is 3. The number of carboxylic acid groups (broad SMARTS) is 1. The van der Waals surface area contributed by atoms with Gasteiger partial charge in [-0.25, -0.2) is 14.8 Å². The minimum Gasteiger partial charge on any atom is -0.494 e. The van der Waals surface area contributed by atoms with E-state index in [2.05, 4.69) is 35.8 Å². The summed E-state index contributed by atoms with van der Waals surface area (Å²) in [5.41, 5.74) is 9.64. The van der Waals surface area contributed by atoms with E-state index in [-0.39, 0.29) is 23.0 Å². The Labute approximate surface area is 203 Å². The van der Waals surface area contributed by atoms with Crippen LogP contribution in [0.15, 0.2) is 58.3 Å². The molecule has 4 aromatic rings. The number of aliphatic carboxylic acids is 1. The maximum absolute atomic E-state index is 13.0. The number of hydrazone groups is 1. The summed E-state index contributed by atoms with van der Waals surface area (Å²) in [5, 5.41) is 27.9. The fourth-order valence-electron chi connectivity index (χ4n) is 3.09. The monoisotopic (exact) mass is 492 g/mol. The number of anilines is 1. The van der Waals surface area contributed by atoms with Crippen molar-refractivity contribution in [1.82, 2.24) is 30.7 Å². The van der Waals surface area contributed by atoms with Gasteiger partial charge in [0.1, 0.15) is 17.2 Å². The Morgan fingerprint density at radius 3 is 2.67 bits per heavy atom. The quantitative estimate of drug-likeness (QED) is 0.215. The second kappa shape index (κ2) is 10.8. The Hall–Kier alpha value is -5.27. The predicted octanol–water partition coefficient (Wildman–Crippen LogP) is 1.53. The molecule has 1 amide bonds. The molecule has 2 aromatic heterocycles. The lowest BCUT2D eigenvalue weighted by molar-refractivity contribution is -0.139. The Kier molecular flexibility index (Phi) is 7.14. The molecule has 0 saturated carbocycles. The number of ether oxygens (including phenoxy) is 2. The highest BCUT2D eigenvalue weighted by atomic mass is 16.6. The molecule has 0 spiro atoms. The molecule has 0 radical (unpaired) electrons. The Balaban J connectivity index is 1.58. The summed E-state index contributed by atoms with van der Waals surface area (Å²) >= 11 is 0. The molecule has 0 bridgehead atoms. The van der Waals surface area contributed by atoms with Gasteiger partial charge in [0.25, 0.3) is 5.91 Å². The molecule has 0 aliphatic heterocycles. The first-order chi connectivity index (χ1) is 17.5. The van der Waals surface area contributed by atoms with Crippen LogP contribution in [0.1, 0.15) is 23.0 Å². The Bertz CT molecular complexity index is 1400. The summed E-state index contributed by atoms with van der Waals surface area (Å²) in [5.74, 6) is -0.739. The second-order valence-corrected chi connectivity index (χ2v) is 7.08. The molecule has 2 aromatic carbocycles. The Morgan fingerprint density at radius 1 is 1.17 bits per heavy atom. The highest BCUT2D eigenvalue weighted by Crippen LogP contribution is 2.29. The average Bonchev–Trinajstić information content (AvgIpc) is 3.50. The Morgan fingerprint density at radius 2 is 1.97 bits per heavy atom. The number of rotatable bonds is 10. The van der Waals surface area contributed by atoms with Crippen molar-refractivity contribution in [3.8, 4) is 28.6 Å². The molecule has 14 heteroatoms. The lowest BCUT2D eigenvalue weighted by Crippen LogP contribution is -2.19. The zero-order valence-electron chi connectivity index (χ0n) is 18.9. The molecule has 4 N–H and O–H groups in total. The zero-order valence-corrected chi connectivity index (χ0v) is 18.9. The summed E-state index contributed by atoms with van der Waals surface area (Å²) in [6, 6.07) is 13.4. The minimum absolute atomic E-state index is 0.0390. The van der Waals surface area contributed by atoms with Crippen LogP contribution in [0.3, 0.4) is 0 Å². The summed E-state index contributed by atoms with van der Waals surface area (Å²) in [6.07, 6.45) is 1.40. The van der Waals surface area contributed by atoms with E-state index in [0.717, 1.165) is 0 Å². The lowest BCUT2D eigenvalue weighted by Gasteiger charge is -2.08. The van der Waals surface area contributed by atoms with Gasteiger partial charge in [0, 0.05) is 5.56 Å². The van der Waals surface area contributed by atoms with E-state index in [1.165, 1.54) is 10.9 Å². The van der Waals surface area contributed by atoms with E-state index in [4.69, 9.17) is 20.3 Å². The highest BCUT2D eigenvalue weighted by molar-refractivity contribution is 5.99. The number of amides is 1. The van der Waals surface area contributed by atoms with E-state index in [1.54, 1.807) is 48.5 Å². The van der Waals surface area contributed by atoms with Crippen molar-refractivity contribution in [2.24, 2.45) is 5.10 Å². The van der Waals surface area contributed by atoms with Gasteiger partial charge in [0.05, 0.1) is 12.8 Å². The molecule has 0 aliphatic carbocycles. The van der Waals surface area contributed by atoms with E-state index in [0.29, 0.717) is 29.2 Å². The molecule has 2 heterocycles. The van der Waals surface area contributed by atoms with Gasteiger partial charge in [-0.3, -0.25) is 4.79 Å². The molecule has 0 fully saturated rings. The molecular formula is C22H20N8O6. The zero-order chi connectivity index (χ0) is 25.5. The van der Waals surface area contributed by atoms with Crippen molar-refractivity contribution in [2.45, 2.75) is 6.92 Å². The van der Waals surface area contributed by atoms with Crippen LogP contribution < -0.4 is 20.6 Å². The van der Waals surface area contributed by atoms with E-state index >= 15 is 0 Å². The summed E-state index contributed by atoms with van der Waals surface area (Å²) < 4.78 is 16.6. The first kappa shape index (κ1) is 23.9. The van der Waals surface area contributed by atoms with Crippen LogP contribution in [0.25, 0.3) is 17.1 Å². The van der Waals surface area contributed by atoms with E-state index < -0.39 is 18.5 Å². The maximum atomic E-state index is 13.0. The van der Waals surface area contributed by atoms with Gasteiger partial charge in [-0.1, -0.05) is 17.3 Å². The van der Waals surface area contributed by atoms with Crippen LogP contribution >= 0.6 is 0 Å². The van der Waals surface area contributed by atoms with Gasteiger partial charge in [-0.05, 0) is 59.2 Å². The number of nitrogens with zero attached hydrogens (tertiary/aromatic N) is 6. The van der Waals surface area contributed by atoms with Crippen molar-refractivity contribution in [2.75, 3.05) is 18.9 Å². The molecule has 36 heavy (non-hydrogen) atoms. The average molecular weight is 492 g/mol. The molecule has 0 saturated heterocycles. The molecular weight excluding hydrogens is 472 g/mol. The van der Waals surface area contributed by atoms with Crippen molar-refractivity contribution in [3.63, 3.8) is 0 Å². The highest BCUT2D eigenvalue weighted by Gasteiger charge is 2.25. The second-order valence-electron chi connectivity index (χ2n) is 7.08. The lowest BCUT2D eigenvalue weighted by atomic mass is 10.1. The molecule has 14 nitrogen and oxygen atoms in total. The minimum atomic E-state index is -1.08. The number of nitrogen functional groups attached to an aromatic ring is 1. The molecule has 184 valence electrons. The standard InChI is InChI=1S/C22H20N8O6/c1-2-34-16-5-3-4-14(10-16)19-18(25-29-30(19)21-20(23)27-36-28-21)22(33)26-24-11-13-6-8-15(9-7-13)35-12-17(31)32/h3-11H,2,12H2,1H3,(H2,23,27)(H,26,33)(H,31,32). The number of nitrogens with two attached hydrogens (primary N) is 1. The third kappa shape index (κ3) is 5.44. The van der Waals surface area contributed by atoms with Gasteiger partial charge in [-0.2, -0.15) is 9.78 Å². The first-order valence-electron chi connectivity index (χ1n) is 10.5. The molecule has 4 rings (SSSR count). The van der Waals surface area contributed by atoms with Gasteiger partial charge < -0.3 is 20.3 Å². The molecule has 0 aliphatic rings. The van der Waals surface area contributed by atoms with E-state index in [1.807, 2.05) is 6.92 Å². The topological polar surface area (TPSA) is 193 Å². The van der Waals surface area contributed by atoms with Crippen LogP contribution in [-0.4, -0.2) is 61.7 Å². The first-order valence-corrected chi connectivity index (χ1v) is 10.5. The van der Waals surface area contributed by atoms with Crippen LogP contribution in [-0.2, 0) is 4.79 Å². The van der Waals surface area contributed by atoms with Gasteiger partial charge in [0.15, 0.2) is 12.3 Å². The normalized spacial score (nSPS) is 10.9. The fraction of sp³-hybridized carbons (Fsp3) is 0.136. The van der Waals surface area contributed by atoms with Gasteiger partial charge in [-0.15, -0.1) is 5.10 Å². The summed E-state index contributed by atoms with van der Waals surface area (Å²) in [6.45, 7) is 1.86. The van der Waals surface area contributed by atoms with Crippen LogP contribution in [0, 0.1) is 0 Å². The molecule has 0 atom stereocenters. The summed E-state index contributed by atoms with van der Waals surface area (Å²) in [7, 11) is 0. The van der Waals surface area contributed by atoms with Crippen molar-refractivity contribution in [3.05, 3.63) is 59.8 Å². The van der Waals surface area contributed by atoms with Crippen molar-refractivity contribution >= 4 is 23.9 Å². The third-order valence-electron chi connectivity index (χ3n) is 4.62. The third-order valence-corrected chi connectivity index (χ3v) is 4.62. The largest absolute Gasteiger partial charge is 0.494 e. The van der Waals surface area contributed by atoms with Crippen molar-refractivity contribution < 1.29 is 28.8 Å². The van der Waals surface area contributed by atoms with E-state index in [9.17, 15) is 9.59 Å². The van der Waals surface area contributed by atoms with Crippen molar-refractivity contribution in [1.29, 1.82) is 0 Å². The van der Waals surface area contributed by atoms with Crippen LogP contribution in [0.2, 0.25) is 0 Å². The van der Waals surface area contributed by atoms with Crippen LogP contribution in [0.4, 0.5) is 5.82 Å². The summed E-state index contributed by atoms with van der Waals surface area (Å²) in [4.78, 5) is 23.6. The predicted molar refractivity (Wildman–Crippen MR) is 125 cm³/mol. The van der Waals surface area contributed by atoms with Gasteiger partial charge >= 0.3 is 5.97 Å². The van der Waals surface area contributed by atoms with Crippen LogP contribution in [0.5, 0.6) is 11.5 Å². The smallest absolute Gasteiger partial charge is 0.341 e. The number of hydrogen-bond acceptors (Lipinski definition) is 11. The number of aromatic nitrogens is 5. The number of carboxylic acids is 1. The maximum Gasteiger partial charge on any atom is 0.341 e. The number of nitrogens with one attached hydrogen (secondary N) is 1. The number of benzene rings is 2. The number of carbonyl (C=O) groups is 2. The van der Waals surface area contributed by atoms with Gasteiger partial charge in [0.2, 0.25) is 11.6 Å². The SMILES string of the molecule is CCOc1cccc(-c2c(C(=O)NN=Cc3ccc(OCC(=O)O)cc3)nnn2-c2nonc2N)c1. The number of carbonyl (C=O) groups excluding carboxylic acids is 1.